The Kier molecular flexibility index (Phi) is 11.2. The number of anilines is 2. The van der Waals surface area contributed by atoms with E-state index >= 15 is 0 Å². The van der Waals surface area contributed by atoms with Crippen LogP contribution in [0.1, 0.15) is 74.4 Å². The van der Waals surface area contributed by atoms with E-state index in [9.17, 15) is 8.78 Å². The summed E-state index contributed by atoms with van der Waals surface area (Å²) in [6.07, 6.45) is 10.5. The molecule has 5 aromatic rings. The Balaban J connectivity index is 0.940. The molecule has 1 atom stereocenters. The second-order valence-corrected chi connectivity index (χ2v) is 16.9. The van der Waals surface area contributed by atoms with Gasteiger partial charge in [-0.05, 0) is 106 Å². The lowest BCUT2D eigenvalue weighted by Gasteiger charge is -2.41. The summed E-state index contributed by atoms with van der Waals surface area (Å²) in [5.74, 6) is 0.818. The maximum Gasteiger partial charge on any atom is 0.208 e. The number of nitrogens with one attached hydrogen (secondary N) is 1. The molecule has 3 aliphatic rings. The standard InChI is InChI=1S/C46H57F2N9/c1-30-9-7-8-10-44-41(27-49-54(44)6)43-22-36(21-31(2)50-43)32(3)51-46-52-42-12-11-35(23-45(42)57(46)28-30)33(4)53(5)39-15-17-55(18-16-39)29-34-13-19-56(20-14-34)40-25-37(47)24-38(48)26-40/h11-12,21-27,30,34,39H,3-4,7-10,13-20,28-29H2,1-2,5-6H3,(H,51,52)/t30-/m1/s1. The molecule has 0 unspecified atom stereocenters. The lowest BCUT2D eigenvalue weighted by Crippen LogP contribution is -2.45. The van der Waals surface area contributed by atoms with Crippen molar-refractivity contribution >= 4 is 34.1 Å². The van der Waals surface area contributed by atoms with Gasteiger partial charge in [-0.3, -0.25) is 9.67 Å². The Morgan fingerprint density at radius 3 is 2.44 bits per heavy atom. The summed E-state index contributed by atoms with van der Waals surface area (Å²) in [5, 5.41) is 8.22. The van der Waals surface area contributed by atoms with Crippen LogP contribution >= 0.6 is 0 Å². The number of piperidine rings is 2. The van der Waals surface area contributed by atoms with Crippen molar-refractivity contribution < 1.29 is 8.78 Å². The summed E-state index contributed by atoms with van der Waals surface area (Å²) in [6.45, 7) is 19.2. The van der Waals surface area contributed by atoms with Gasteiger partial charge in [0.05, 0.1) is 22.9 Å². The molecule has 3 aliphatic heterocycles. The van der Waals surface area contributed by atoms with Crippen molar-refractivity contribution in [1.82, 2.24) is 34.1 Å². The minimum atomic E-state index is -0.513. The monoisotopic (exact) mass is 773 g/mol. The Morgan fingerprint density at radius 1 is 0.930 bits per heavy atom. The zero-order valence-electron chi connectivity index (χ0n) is 34.1. The van der Waals surface area contributed by atoms with E-state index in [1.165, 1.54) is 17.8 Å². The van der Waals surface area contributed by atoms with Crippen LogP contribution in [0, 0.1) is 30.4 Å². The molecule has 0 radical (unpaired) electrons. The summed E-state index contributed by atoms with van der Waals surface area (Å²) in [6, 6.07) is 15.0. The van der Waals surface area contributed by atoms with E-state index in [4.69, 9.17) is 9.97 Å². The van der Waals surface area contributed by atoms with Gasteiger partial charge in [-0.25, -0.2) is 13.8 Å². The molecule has 3 aromatic heterocycles. The van der Waals surface area contributed by atoms with Crippen LogP contribution in [0.3, 0.4) is 0 Å². The van der Waals surface area contributed by atoms with Gasteiger partial charge in [0, 0.05) is 105 Å². The van der Waals surface area contributed by atoms with Crippen LogP contribution in [0.5, 0.6) is 0 Å². The van der Waals surface area contributed by atoms with Crippen molar-refractivity contribution in [2.75, 3.05) is 50.0 Å². The minimum Gasteiger partial charge on any atom is -0.372 e. The van der Waals surface area contributed by atoms with Crippen LogP contribution in [0.25, 0.3) is 33.7 Å². The van der Waals surface area contributed by atoms with Crippen LogP contribution < -0.4 is 10.2 Å². The van der Waals surface area contributed by atoms with E-state index in [0.717, 1.165) is 153 Å². The quantitative estimate of drug-likeness (QED) is 0.185. The number of halogens is 2. The number of pyridine rings is 1. The number of aryl methyl sites for hydroxylation is 2. The molecular weight excluding hydrogens is 717 g/mol. The van der Waals surface area contributed by atoms with Gasteiger partial charge < -0.3 is 24.6 Å². The van der Waals surface area contributed by atoms with E-state index in [2.05, 4.69) is 87.1 Å². The third kappa shape index (κ3) is 8.49. The van der Waals surface area contributed by atoms with Gasteiger partial charge in [0.1, 0.15) is 11.6 Å². The fourth-order valence-electron chi connectivity index (χ4n) is 9.31. The van der Waals surface area contributed by atoms with Crippen LogP contribution in [0.15, 0.2) is 67.9 Å². The van der Waals surface area contributed by atoms with Crippen LogP contribution in [0.4, 0.5) is 20.4 Å². The molecule has 8 rings (SSSR count). The molecule has 11 heteroatoms. The summed E-state index contributed by atoms with van der Waals surface area (Å²) in [5.41, 5.74) is 10.8. The highest BCUT2D eigenvalue weighted by Crippen LogP contribution is 2.33. The molecule has 0 spiro atoms. The highest BCUT2D eigenvalue weighted by molar-refractivity contribution is 5.85. The lowest BCUT2D eigenvalue weighted by atomic mass is 9.94. The fourth-order valence-corrected chi connectivity index (χ4v) is 9.31. The van der Waals surface area contributed by atoms with Crippen molar-refractivity contribution in [3.63, 3.8) is 0 Å². The zero-order valence-corrected chi connectivity index (χ0v) is 34.1. The topological polar surface area (TPSA) is 70.3 Å². The molecule has 2 aromatic carbocycles. The Hall–Kier alpha value is -5.03. The molecule has 0 amide bonds. The maximum absolute atomic E-state index is 13.8. The second kappa shape index (κ2) is 16.4. The van der Waals surface area contributed by atoms with E-state index in [0.29, 0.717) is 23.6 Å². The number of fused-ring (bicyclic) bond motifs is 7. The van der Waals surface area contributed by atoms with Gasteiger partial charge in [-0.15, -0.1) is 0 Å². The predicted molar refractivity (Wildman–Crippen MR) is 228 cm³/mol. The SMILES string of the molecule is C=C1Nc2nc3ccc(C(=C)N(C)C4CCN(CC5CCN(c6cc(F)cc(F)c6)CC5)CC4)cc3n2C[C@H](C)CCCCc2c(cnn2C)-c2cc1cc(C)n2. The molecule has 9 nitrogen and oxygen atoms in total. The first-order valence-corrected chi connectivity index (χ1v) is 20.8. The molecule has 6 heterocycles. The highest BCUT2D eigenvalue weighted by atomic mass is 19.1. The van der Waals surface area contributed by atoms with Gasteiger partial charge in [0.15, 0.2) is 0 Å². The minimum absolute atomic E-state index is 0.415. The molecule has 0 saturated carbocycles. The average Bonchev–Trinajstić information content (AvgIpc) is 3.73. The molecule has 2 fully saturated rings. The molecule has 0 aliphatic carbocycles. The molecule has 300 valence electrons. The van der Waals surface area contributed by atoms with Gasteiger partial charge in [-0.2, -0.15) is 5.10 Å². The van der Waals surface area contributed by atoms with Crippen LogP contribution in [0.2, 0.25) is 0 Å². The lowest BCUT2D eigenvalue weighted by molar-refractivity contribution is 0.136. The number of hydrogen-bond donors (Lipinski definition) is 1. The Bertz CT molecular complexity index is 2240. The summed E-state index contributed by atoms with van der Waals surface area (Å²) >= 11 is 0. The van der Waals surface area contributed by atoms with E-state index in [1.807, 2.05) is 24.9 Å². The number of likely N-dealkylation sites (tertiary alicyclic amines) is 1. The Labute approximate surface area is 336 Å². The largest absolute Gasteiger partial charge is 0.372 e. The van der Waals surface area contributed by atoms with Crippen molar-refractivity contribution in [2.45, 2.75) is 77.8 Å². The first-order chi connectivity index (χ1) is 27.5. The Morgan fingerprint density at radius 2 is 1.68 bits per heavy atom. The summed E-state index contributed by atoms with van der Waals surface area (Å²) in [4.78, 5) is 17.2. The number of benzene rings is 2. The highest BCUT2D eigenvalue weighted by Gasteiger charge is 2.28. The summed E-state index contributed by atoms with van der Waals surface area (Å²) < 4.78 is 32.0. The predicted octanol–water partition coefficient (Wildman–Crippen LogP) is 9.15. The normalized spacial score (nSPS) is 19.1. The van der Waals surface area contributed by atoms with Gasteiger partial charge in [0.25, 0.3) is 0 Å². The average molecular weight is 774 g/mol. The van der Waals surface area contributed by atoms with E-state index in [1.54, 1.807) is 0 Å². The number of hydrogen-bond acceptors (Lipinski definition) is 7. The third-order valence-electron chi connectivity index (χ3n) is 12.7. The smallest absolute Gasteiger partial charge is 0.208 e. The van der Waals surface area contributed by atoms with Crippen molar-refractivity contribution in [3.05, 3.63) is 102 Å². The van der Waals surface area contributed by atoms with E-state index < -0.39 is 11.6 Å². The maximum atomic E-state index is 13.8. The second-order valence-electron chi connectivity index (χ2n) is 16.9. The molecular formula is C46H57F2N9. The first kappa shape index (κ1) is 38.8. The third-order valence-corrected chi connectivity index (χ3v) is 12.7. The number of aromatic nitrogens is 5. The van der Waals surface area contributed by atoms with Crippen LogP contribution in [-0.2, 0) is 20.0 Å². The van der Waals surface area contributed by atoms with Crippen molar-refractivity contribution in [2.24, 2.45) is 18.9 Å². The van der Waals surface area contributed by atoms with Crippen molar-refractivity contribution in [3.8, 4) is 11.3 Å². The number of nitrogens with zero attached hydrogens (tertiary/aromatic N) is 8. The van der Waals surface area contributed by atoms with Gasteiger partial charge >= 0.3 is 0 Å². The van der Waals surface area contributed by atoms with Gasteiger partial charge in [0.2, 0.25) is 5.95 Å². The molecule has 1 N–H and O–H groups in total. The number of imidazole rings is 1. The van der Waals surface area contributed by atoms with Crippen molar-refractivity contribution in [1.29, 1.82) is 0 Å². The molecule has 2 saturated heterocycles. The fraction of sp³-hybridized carbons (Fsp3) is 0.457. The molecule has 2 bridgehead atoms. The van der Waals surface area contributed by atoms with Crippen LogP contribution in [-0.4, -0.2) is 79.9 Å². The number of rotatable bonds is 6. The zero-order chi connectivity index (χ0) is 39.8. The summed E-state index contributed by atoms with van der Waals surface area (Å²) in [7, 11) is 4.22. The first-order valence-electron chi connectivity index (χ1n) is 20.8. The van der Waals surface area contributed by atoms with Gasteiger partial charge in [-0.1, -0.05) is 32.6 Å². The van der Waals surface area contributed by atoms with E-state index in [-0.39, 0.29) is 0 Å². The molecule has 57 heavy (non-hydrogen) atoms.